The van der Waals surface area contributed by atoms with Gasteiger partial charge in [-0.05, 0) is 11.1 Å². The predicted octanol–water partition coefficient (Wildman–Crippen LogP) is 6.24. The first-order valence-corrected chi connectivity index (χ1v) is 16.9. The molecule has 0 aromatic heterocycles. The van der Waals surface area contributed by atoms with Gasteiger partial charge in [0, 0.05) is 22.8 Å². The number of allylic oxidation sites excluding steroid dienone is 2. The number of carbonyl (C=O) groups excluding carboxylic acids is 1. The van der Waals surface area contributed by atoms with Crippen molar-refractivity contribution in [2.45, 2.75) is 59.0 Å². The van der Waals surface area contributed by atoms with Crippen molar-refractivity contribution in [2.75, 3.05) is 0 Å². The molecule has 0 spiro atoms. The van der Waals surface area contributed by atoms with Gasteiger partial charge < -0.3 is 0 Å². The number of hydrogen-bond donors (Lipinski definition) is 0. The molecule has 1 aromatic carbocycles. The summed E-state index contributed by atoms with van der Waals surface area (Å²) < 4.78 is 0. The molecule has 0 radical (unpaired) electrons. The van der Waals surface area contributed by atoms with Crippen LogP contribution >= 0.6 is 0 Å². The first-order chi connectivity index (χ1) is 12.2. The number of ketones is 1. The van der Waals surface area contributed by atoms with Crippen LogP contribution in [0.2, 0.25) is 39.3 Å². The fraction of sp³-hybridized carbons (Fsp3) is 0.458. The van der Waals surface area contributed by atoms with Gasteiger partial charge in [0.05, 0.1) is 8.07 Å². The molecule has 0 saturated heterocycles. The molecule has 0 N–H and O–H groups in total. The summed E-state index contributed by atoms with van der Waals surface area (Å²) in [6.07, 6.45) is 0. The highest BCUT2D eigenvalue weighted by Gasteiger charge is 2.53. The van der Waals surface area contributed by atoms with Crippen LogP contribution in [0.1, 0.15) is 25.3 Å². The first kappa shape index (κ1) is 21.7. The highest BCUT2D eigenvalue weighted by Crippen LogP contribution is 2.55. The molecule has 0 aliphatic heterocycles. The lowest BCUT2D eigenvalue weighted by molar-refractivity contribution is -0.121. The maximum absolute atomic E-state index is 13.5. The fourth-order valence-corrected chi connectivity index (χ4v) is 5.66. The topological polar surface area (TPSA) is 17.1 Å². The highest BCUT2D eigenvalue weighted by molar-refractivity contribution is 6.84. The van der Waals surface area contributed by atoms with Crippen LogP contribution in [0.5, 0.6) is 0 Å². The molecule has 1 aliphatic carbocycles. The van der Waals surface area contributed by atoms with E-state index in [2.05, 4.69) is 101 Å². The Labute approximate surface area is 168 Å². The molecule has 0 heterocycles. The van der Waals surface area contributed by atoms with Gasteiger partial charge in [-0.25, -0.2) is 0 Å². The van der Waals surface area contributed by atoms with Crippen LogP contribution in [0.25, 0.3) is 0 Å². The molecule has 0 bridgehead atoms. The molecule has 2 unspecified atom stereocenters. The van der Waals surface area contributed by atoms with Gasteiger partial charge in [-0.2, -0.15) is 0 Å². The Kier molecular flexibility index (Phi) is 5.95. The number of carbonyl (C=O) groups is 1. The van der Waals surface area contributed by atoms with Gasteiger partial charge in [-0.15, -0.1) is 5.54 Å². The summed E-state index contributed by atoms with van der Waals surface area (Å²) in [5.74, 6) is 3.70. The Hall–Kier alpha value is -1.64. The van der Waals surface area contributed by atoms with Gasteiger partial charge in [0.15, 0.2) is 5.78 Å². The quantitative estimate of drug-likeness (QED) is 0.337. The highest BCUT2D eigenvalue weighted by atomic mass is 28.3. The van der Waals surface area contributed by atoms with E-state index in [9.17, 15) is 4.79 Å². The molecule has 1 saturated carbocycles. The van der Waals surface area contributed by atoms with Crippen LogP contribution in [0.15, 0.2) is 53.8 Å². The Balaban J connectivity index is 2.68. The zero-order valence-electron chi connectivity index (χ0n) is 18.2. The molecule has 1 nitrogen and oxygen atoms in total. The van der Waals surface area contributed by atoms with Crippen molar-refractivity contribution in [1.29, 1.82) is 0 Å². The number of rotatable bonds is 3. The standard InChI is InChI=1S/C24H34OSi2/c1-18(15-16-26(4,5)6)21-20(17-27(7,8)9)23(25)24(2,3)22(21)19-13-11-10-12-14-19/h10-14,17,21-22H,1H2,2-9H3/b20-17-. The summed E-state index contributed by atoms with van der Waals surface area (Å²) >= 11 is 0. The van der Waals surface area contributed by atoms with Crippen molar-refractivity contribution in [3.05, 3.63) is 59.3 Å². The summed E-state index contributed by atoms with van der Waals surface area (Å²) in [7, 11) is -3.08. The monoisotopic (exact) mass is 394 g/mol. The maximum atomic E-state index is 13.5. The smallest absolute Gasteiger partial charge is 0.165 e. The van der Waals surface area contributed by atoms with E-state index in [1.807, 2.05) is 6.07 Å². The van der Waals surface area contributed by atoms with Crippen LogP contribution in [0.3, 0.4) is 0 Å². The van der Waals surface area contributed by atoms with E-state index >= 15 is 0 Å². The normalized spacial score (nSPS) is 23.9. The molecule has 2 rings (SSSR count). The average Bonchev–Trinajstić information content (AvgIpc) is 2.72. The minimum atomic E-state index is -1.57. The lowest BCUT2D eigenvalue weighted by Crippen LogP contribution is -2.25. The summed E-state index contributed by atoms with van der Waals surface area (Å²) in [6, 6.07) is 10.4. The second-order valence-electron chi connectivity index (χ2n) is 10.4. The summed E-state index contributed by atoms with van der Waals surface area (Å²) in [5.41, 5.74) is 8.33. The van der Waals surface area contributed by atoms with Crippen molar-refractivity contribution in [3.8, 4) is 11.5 Å². The third kappa shape index (κ3) is 5.00. The Morgan fingerprint density at radius 3 is 2.11 bits per heavy atom. The Morgan fingerprint density at radius 2 is 1.63 bits per heavy atom. The SMILES string of the molecule is C=C(C#C[Si](C)(C)C)C1/C(=C/[Si](C)(C)C)C(=O)C(C)(C)C1c1ccccc1. The van der Waals surface area contributed by atoms with Crippen LogP contribution in [-0.4, -0.2) is 21.9 Å². The second-order valence-corrected chi connectivity index (χ2v) is 20.2. The van der Waals surface area contributed by atoms with Crippen molar-refractivity contribution in [2.24, 2.45) is 11.3 Å². The largest absolute Gasteiger partial charge is 0.294 e. The molecule has 2 atom stereocenters. The van der Waals surface area contributed by atoms with Crippen molar-refractivity contribution >= 4 is 21.9 Å². The van der Waals surface area contributed by atoms with Crippen molar-refractivity contribution < 1.29 is 4.79 Å². The van der Waals surface area contributed by atoms with E-state index in [1.54, 1.807) is 0 Å². The molecule has 0 amide bonds. The summed E-state index contributed by atoms with van der Waals surface area (Å²) in [4.78, 5) is 13.5. The van der Waals surface area contributed by atoms with E-state index in [0.717, 1.165) is 11.1 Å². The van der Waals surface area contributed by atoms with Gasteiger partial charge in [0.1, 0.15) is 8.07 Å². The molecule has 144 valence electrons. The van der Waals surface area contributed by atoms with Crippen LogP contribution in [-0.2, 0) is 4.79 Å². The van der Waals surface area contributed by atoms with E-state index in [4.69, 9.17) is 0 Å². The molecule has 3 heteroatoms. The average molecular weight is 395 g/mol. The van der Waals surface area contributed by atoms with Gasteiger partial charge in [-0.1, -0.05) is 102 Å². The third-order valence-corrected chi connectivity index (χ3v) is 7.07. The zero-order valence-corrected chi connectivity index (χ0v) is 20.2. The van der Waals surface area contributed by atoms with Gasteiger partial charge in [-0.3, -0.25) is 4.79 Å². The summed E-state index contributed by atoms with van der Waals surface area (Å²) in [5, 5.41) is 0. The molecule has 1 aliphatic rings. The zero-order chi connectivity index (χ0) is 20.6. The van der Waals surface area contributed by atoms with Gasteiger partial charge in [0.2, 0.25) is 0 Å². The van der Waals surface area contributed by atoms with Gasteiger partial charge >= 0.3 is 0 Å². The van der Waals surface area contributed by atoms with Gasteiger partial charge in [0.25, 0.3) is 0 Å². The minimum Gasteiger partial charge on any atom is -0.294 e. The Bertz CT molecular complexity index is 821. The Morgan fingerprint density at radius 1 is 1.07 bits per heavy atom. The van der Waals surface area contributed by atoms with E-state index < -0.39 is 21.6 Å². The van der Waals surface area contributed by atoms with E-state index in [-0.39, 0.29) is 17.6 Å². The summed E-state index contributed by atoms with van der Waals surface area (Å²) in [6.45, 7) is 22.1. The van der Waals surface area contributed by atoms with Crippen LogP contribution in [0, 0.1) is 22.8 Å². The van der Waals surface area contributed by atoms with E-state index in [0.29, 0.717) is 0 Å². The van der Waals surface area contributed by atoms with Crippen molar-refractivity contribution in [3.63, 3.8) is 0 Å². The molecule has 1 aromatic rings. The first-order valence-electron chi connectivity index (χ1n) is 9.78. The number of benzene rings is 1. The second kappa shape index (κ2) is 7.41. The van der Waals surface area contributed by atoms with Crippen LogP contribution in [0.4, 0.5) is 0 Å². The number of Topliss-reactive ketones (excluding diaryl/α,β-unsaturated/α-hetero) is 1. The van der Waals surface area contributed by atoms with E-state index in [1.165, 1.54) is 5.56 Å². The number of hydrogen-bond acceptors (Lipinski definition) is 1. The van der Waals surface area contributed by atoms with Crippen molar-refractivity contribution in [1.82, 2.24) is 0 Å². The molecular formula is C24H34OSi2. The fourth-order valence-electron chi connectivity index (χ4n) is 3.88. The molecule has 27 heavy (non-hydrogen) atoms. The maximum Gasteiger partial charge on any atom is 0.165 e. The minimum absolute atomic E-state index is 0.0227. The lowest BCUT2D eigenvalue weighted by atomic mass is 9.72. The molecule has 1 fully saturated rings. The third-order valence-electron chi connectivity index (χ3n) is 5.01. The molecular weight excluding hydrogens is 360 g/mol. The lowest BCUT2D eigenvalue weighted by Gasteiger charge is -2.29. The van der Waals surface area contributed by atoms with Crippen LogP contribution < -0.4 is 0 Å². The predicted molar refractivity (Wildman–Crippen MR) is 123 cm³/mol.